The highest BCUT2D eigenvalue weighted by Crippen LogP contribution is 2.32. The summed E-state index contributed by atoms with van der Waals surface area (Å²) in [6.45, 7) is 15.3. The Bertz CT molecular complexity index is 688. The van der Waals surface area contributed by atoms with Gasteiger partial charge in [0.05, 0.1) is 6.10 Å². The molecule has 0 bridgehead atoms. The van der Waals surface area contributed by atoms with Gasteiger partial charge >= 0.3 is 0 Å². The Kier molecular flexibility index (Phi) is 13.5. The number of halogens is 1. The molecular weight excluding hydrogens is 424 g/mol. The maximum Gasteiger partial charge on any atom is 0.222 e. The van der Waals surface area contributed by atoms with Gasteiger partial charge in [-0.1, -0.05) is 67.0 Å². The topological polar surface area (TPSA) is 95.6 Å². The van der Waals surface area contributed by atoms with E-state index in [1.165, 1.54) is 0 Å². The number of aliphatic hydroxyl groups is 1. The second-order valence-electron chi connectivity index (χ2n) is 10.5. The second kappa shape index (κ2) is 14.1. The van der Waals surface area contributed by atoms with Crippen LogP contribution in [0.3, 0.4) is 0 Å². The van der Waals surface area contributed by atoms with Crippen molar-refractivity contribution in [2.24, 2.45) is 23.5 Å². The fourth-order valence-electron chi connectivity index (χ4n) is 3.79. The van der Waals surface area contributed by atoms with Crippen LogP contribution < -0.4 is 11.1 Å². The predicted octanol–water partition coefficient (Wildman–Crippen LogP) is 4.95. The van der Waals surface area contributed by atoms with Crippen LogP contribution in [0, 0.1) is 17.8 Å². The number of rotatable bonds is 12. The van der Waals surface area contributed by atoms with Crippen LogP contribution in [0.4, 0.5) is 0 Å². The number of carbonyl (C=O) groups is 1. The van der Waals surface area contributed by atoms with Crippen LogP contribution in [0.5, 0.6) is 5.75 Å². The van der Waals surface area contributed by atoms with Gasteiger partial charge in [-0.3, -0.25) is 4.79 Å². The maximum atomic E-state index is 12.2. The molecule has 0 heterocycles. The lowest BCUT2D eigenvalue weighted by atomic mass is 9.81. The van der Waals surface area contributed by atoms with E-state index in [9.17, 15) is 15.0 Å². The zero-order chi connectivity index (χ0) is 23.8. The monoisotopic (exact) mass is 470 g/mol. The highest BCUT2D eigenvalue weighted by atomic mass is 35.5. The molecule has 0 aromatic heterocycles. The van der Waals surface area contributed by atoms with E-state index in [0.717, 1.165) is 24.0 Å². The largest absolute Gasteiger partial charge is 0.508 e. The van der Waals surface area contributed by atoms with Crippen LogP contribution in [0.25, 0.3) is 0 Å². The van der Waals surface area contributed by atoms with E-state index >= 15 is 0 Å². The van der Waals surface area contributed by atoms with Crippen LogP contribution in [-0.2, 0) is 16.6 Å². The van der Waals surface area contributed by atoms with Gasteiger partial charge in [0, 0.05) is 18.5 Å². The van der Waals surface area contributed by atoms with Crippen LogP contribution in [0.15, 0.2) is 18.2 Å². The molecule has 1 aromatic carbocycles. The van der Waals surface area contributed by atoms with Crippen molar-refractivity contribution in [3.63, 3.8) is 0 Å². The molecule has 5 N–H and O–H groups in total. The van der Waals surface area contributed by atoms with E-state index in [1.807, 2.05) is 19.1 Å². The van der Waals surface area contributed by atoms with Gasteiger partial charge in [0.2, 0.25) is 5.91 Å². The van der Waals surface area contributed by atoms with Crippen molar-refractivity contribution in [2.45, 2.75) is 98.1 Å². The highest BCUT2D eigenvalue weighted by Gasteiger charge is 2.26. The number of phenolic OH excluding ortho intramolecular Hbond substituents is 1. The molecule has 0 aliphatic heterocycles. The van der Waals surface area contributed by atoms with E-state index in [4.69, 9.17) is 5.73 Å². The smallest absolute Gasteiger partial charge is 0.222 e. The molecule has 6 heteroatoms. The average Bonchev–Trinajstić information content (AvgIpc) is 2.67. The molecule has 0 aliphatic carbocycles. The number of hydrogen-bond acceptors (Lipinski definition) is 4. The number of nitrogens with one attached hydrogen (secondary N) is 1. The van der Waals surface area contributed by atoms with Crippen LogP contribution in [-0.4, -0.2) is 34.8 Å². The fourth-order valence-corrected chi connectivity index (χ4v) is 3.79. The Balaban J connectivity index is 0.00000961. The van der Waals surface area contributed by atoms with Gasteiger partial charge in [-0.25, -0.2) is 0 Å². The molecule has 0 radical (unpaired) electrons. The van der Waals surface area contributed by atoms with Crippen LogP contribution in [0.2, 0.25) is 0 Å². The first kappa shape index (κ1) is 30.7. The Morgan fingerprint density at radius 2 is 1.78 bits per heavy atom. The lowest BCUT2D eigenvalue weighted by Gasteiger charge is -2.28. The Labute approximate surface area is 202 Å². The number of carbonyl (C=O) groups excluding carboxylic acids is 1. The van der Waals surface area contributed by atoms with Gasteiger partial charge in [-0.2, -0.15) is 0 Å². The van der Waals surface area contributed by atoms with E-state index in [1.54, 1.807) is 0 Å². The fraction of sp³-hybridized carbons (Fsp3) is 0.731. The Morgan fingerprint density at radius 3 is 2.28 bits per heavy atom. The van der Waals surface area contributed by atoms with Crippen molar-refractivity contribution in [1.82, 2.24) is 5.32 Å². The number of unbranched alkanes of at least 4 members (excludes halogenated alkanes) is 1. The molecule has 5 nitrogen and oxygen atoms in total. The predicted molar refractivity (Wildman–Crippen MR) is 136 cm³/mol. The summed E-state index contributed by atoms with van der Waals surface area (Å²) < 4.78 is 0. The molecule has 0 saturated carbocycles. The maximum absolute atomic E-state index is 12.2. The molecule has 0 aliphatic rings. The number of amides is 1. The van der Waals surface area contributed by atoms with Crippen LogP contribution in [0.1, 0.15) is 85.3 Å². The zero-order valence-corrected chi connectivity index (χ0v) is 22.0. The molecule has 4 atom stereocenters. The number of aliphatic hydroxyl groups excluding tert-OH is 1. The third kappa shape index (κ3) is 10.1. The highest BCUT2D eigenvalue weighted by molar-refractivity contribution is 5.85. The first-order valence-corrected chi connectivity index (χ1v) is 11.9. The van der Waals surface area contributed by atoms with Crippen molar-refractivity contribution >= 4 is 18.3 Å². The Morgan fingerprint density at radius 1 is 1.16 bits per heavy atom. The van der Waals surface area contributed by atoms with Crippen molar-refractivity contribution in [3.8, 4) is 5.75 Å². The van der Waals surface area contributed by atoms with Gasteiger partial charge in [-0.15, -0.1) is 12.4 Å². The molecule has 1 unspecified atom stereocenters. The zero-order valence-electron chi connectivity index (χ0n) is 21.1. The first-order chi connectivity index (χ1) is 14.4. The van der Waals surface area contributed by atoms with Gasteiger partial charge in [-0.05, 0) is 60.1 Å². The quantitative estimate of drug-likeness (QED) is 0.325. The summed E-state index contributed by atoms with van der Waals surface area (Å²) in [5.74, 6) is 0.609. The molecular formula is C26H47ClN2O3. The second-order valence-corrected chi connectivity index (χ2v) is 10.5. The molecule has 186 valence electrons. The van der Waals surface area contributed by atoms with E-state index in [2.05, 4.69) is 52.9 Å². The summed E-state index contributed by atoms with van der Waals surface area (Å²) in [6.07, 6.45) is 2.97. The molecule has 32 heavy (non-hydrogen) atoms. The normalized spacial score (nSPS) is 15.6. The van der Waals surface area contributed by atoms with Crippen LogP contribution >= 0.6 is 12.4 Å². The number of nitrogens with two attached hydrogens (primary N) is 1. The SMILES string of the molecule is CCCCNC(=O)C(C)C[C@H](O)[C@@H](N)C[C@H](Cc1ccc(C(C)(C)C)cc1O)C(C)C.Cl. The molecule has 0 spiro atoms. The summed E-state index contributed by atoms with van der Waals surface area (Å²) in [7, 11) is 0. The molecule has 0 fully saturated rings. The summed E-state index contributed by atoms with van der Waals surface area (Å²) in [5, 5.41) is 24.1. The van der Waals surface area contributed by atoms with Crippen molar-refractivity contribution < 1.29 is 15.0 Å². The number of aromatic hydroxyl groups is 1. The average molecular weight is 471 g/mol. The minimum absolute atomic E-state index is 0. The summed E-state index contributed by atoms with van der Waals surface area (Å²) in [4.78, 5) is 12.2. The van der Waals surface area contributed by atoms with Crippen molar-refractivity contribution in [3.05, 3.63) is 29.3 Å². The van der Waals surface area contributed by atoms with Crippen molar-refractivity contribution in [1.29, 1.82) is 0 Å². The van der Waals surface area contributed by atoms with Gasteiger partial charge in [0.15, 0.2) is 0 Å². The number of hydrogen-bond donors (Lipinski definition) is 4. The van der Waals surface area contributed by atoms with Gasteiger partial charge in [0.1, 0.15) is 5.75 Å². The lowest BCUT2D eigenvalue weighted by molar-refractivity contribution is -0.125. The third-order valence-electron chi connectivity index (χ3n) is 6.32. The third-order valence-corrected chi connectivity index (χ3v) is 6.32. The number of phenols is 1. The van der Waals surface area contributed by atoms with E-state index < -0.39 is 12.1 Å². The van der Waals surface area contributed by atoms with E-state index in [0.29, 0.717) is 37.5 Å². The lowest BCUT2D eigenvalue weighted by Crippen LogP contribution is -2.41. The van der Waals surface area contributed by atoms with E-state index in [-0.39, 0.29) is 35.6 Å². The molecule has 1 rings (SSSR count). The standard InChI is InChI=1S/C26H46N2O3.ClH/c1-8-9-12-28-25(31)18(4)13-24(30)22(27)15-20(17(2)3)14-19-10-11-21(16-23(19)29)26(5,6)7;/h10-11,16-18,20,22,24,29-30H,8-9,12-15,27H2,1-7H3,(H,28,31);1H/t18?,20-,22-,24-;/m0./s1. The number of benzene rings is 1. The van der Waals surface area contributed by atoms with Gasteiger partial charge in [0.25, 0.3) is 0 Å². The summed E-state index contributed by atoms with van der Waals surface area (Å²) in [6, 6.07) is 5.55. The minimum Gasteiger partial charge on any atom is -0.508 e. The summed E-state index contributed by atoms with van der Waals surface area (Å²) >= 11 is 0. The van der Waals surface area contributed by atoms with Crippen molar-refractivity contribution in [2.75, 3.05) is 6.54 Å². The van der Waals surface area contributed by atoms with Gasteiger partial charge < -0.3 is 21.3 Å². The first-order valence-electron chi connectivity index (χ1n) is 11.9. The minimum atomic E-state index is -0.731. The molecule has 0 saturated heterocycles. The molecule has 1 amide bonds. The summed E-state index contributed by atoms with van der Waals surface area (Å²) in [5.41, 5.74) is 8.36. The Hall–Kier alpha value is -1.30. The molecule has 1 aromatic rings.